The van der Waals surface area contributed by atoms with E-state index in [9.17, 15) is 0 Å². The molecule has 1 aromatic heterocycles. The van der Waals surface area contributed by atoms with Crippen molar-refractivity contribution in [1.82, 2.24) is 9.78 Å². The SMILES string of the molecule is CCn1nccc1NOC. The molecular weight excluding hydrogens is 130 g/mol. The molecule has 0 bridgehead atoms. The number of hydrogen-bond donors (Lipinski definition) is 1. The fourth-order valence-corrected chi connectivity index (χ4v) is 0.776. The summed E-state index contributed by atoms with van der Waals surface area (Å²) in [5.41, 5.74) is 2.71. The molecule has 1 heterocycles. The van der Waals surface area contributed by atoms with E-state index >= 15 is 0 Å². The standard InChI is InChI=1S/C6H11N3O/c1-3-9-6(8-10-2)4-5-7-9/h4-5,8H,3H2,1-2H3. The van der Waals surface area contributed by atoms with Gasteiger partial charge in [0.15, 0.2) is 0 Å². The van der Waals surface area contributed by atoms with E-state index in [1.807, 2.05) is 17.7 Å². The van der Waals surface area contributed by atoms with Gasteiger partial charge in [-0.1, -0.05) is 0 Å². The molecule has 0 spiro atoms. The minimum atomic E-state index is 0.846. The Morgan fingerprint density at radius 3 is 3.20 bits per heavy atom. The predicted molar refractivity (Wildman–Crippen MR) is 38.5 cm³/mol. The molecule has 0 fully saturated rings. The van der Waals surface area contributed by atoms with Gasteiger partial charge in [0.05, 0.1) is 13.3 Å². The monoisotopic (exact) mass is 141 g/mol. The van der Waals surface area contributed by atoms with Crippen LogP contribution >= 0.6 is 0 Å². The van der Waals surface area contributed by atoms with Crippen molar-refractivity contribution in [2.45, 2.75) is 13.5 Å². The predicted octanol–water partition coefficient (Wildman–Crippen LogP) is 0.876. The number of nitrogens with zero attached hydrogens (tertiary/aromatic N) is 2. The molecule has 56 valence electrons. The van der Waals surface area contributed by atoms with Crippen LogP contribution in [0.4, 0.5) is 5.82 Å². The molecule has 0 aromatic carbocycles. The van der Waals surface area contributed by atoms with Gasteiger partial charge in [-0.25, -0.2) is 10.2 Å². The summed E-state index contributed by atoms with van der Waals surface area (Å²) in [6.45, 7) is 2.87. The average molecular weight is 141 g/mol. The van der Waals surface area contributed by atoms with E-state index in [1.165, 1.54) is 0 Å². The number of aromatic nitrogens is 2. The number of hydrogen-bond acceptors (Lipinski definition) is 3. The smallest absolute Gasteiger partial charge is 0.148 e. The summed E-state index contributed by atoms with van der Waals surface area (Å²) in [6, 6.07) is 1.85. The first-order valence-electron chi connectivity index (χ1n) is 3.19. The lowest BCUT2D eigenvalue weighted by Crippen LogP contribution is -2.04. The van der Waals surface area contributed by atoms with Gasteiger partial charge in [0.2, 0.25) is 0 Å². The van der Waals surface area contributed by atoms with Crippen molar-refractivity contribution < 1.29 is 4.84 Å². The largest absolute Gasteiger partial charge is 0.278 e. The van der Waals surface area contributed by atoms with Crippen LogP contribution in [-0.4, -0.2) is 16.9 Å². The second-order valence-electron chi connectivity index (χ2n) is 1.84. The number of rotatable bonds is 3. The molecular formula is C6H11N3O. The Labute approximate surface area is 59.8 Å². The summed E-state index contributed by atoms with van der Waals surface area (Å²) >= 11 is 0. The van der Waals surface area contributed by atoms with Crippen molar-refractivity contribution >= 4 is 5.82 Å². The van der Waals surface area contributed by atoms with Gasteiger partial charge in [0.25, 0.3) is 0 Å². The van der Waals surface area contributed by atoms with Gasteiger partial charge in [0, 0.05) is 12.6 Å². The Morgan fingerprint density at radius 2 is 2.60 bits per heavy atom. The van der Waals surface area contributed by atoms with Crippen LogP contribution < -0.4 is 5.48 Å². The van der Waals surface area contributed by atoms with Crippen LogP contribution in [0, 0.1) is 0 Å². The van der Waals surface area contributed by atoms with E-state index in [1.54, 1.807) is 13.3 Å². The molecule has 0 saturated heterocycles. The zero-order valence-corrected chi connectivity index (χ0v) is 6.16. The Kier molecular flexibility index (Phi) is 2.28. The number of aryl methyl sites for hydroxylation is 1. The lowest BCUT2D eigenvalue weighted by Gasteiger charge is -2.03. The highest BCUT2D eigenvalue weighted by Gasteiger charge is 1.95. The maximum absolute atomic E-state index is 4.72. The lowest BCUT2D eigenvalue weighted by molar-refractivity contribution is 0.266. The van der Waals surface area contributed by atoms with Crippen molar-refractivity contribution in [3.63, 3.8) is 0 Å². The van der Waals surface area contributed by atoms with Crippen LogP contribution in [0.15, 0.2) is 12.3 Å². The fraction of sp³-hybridized carbons (Fsp3) is 0.500. The average Bonchev–Trinajstić information content (AvgIpc) is 2.36. The minimum Gasteiger partial charge on any atom is -0.278 e. The lowest BCUT2D eigenvalue weighted by atomic mass is 10.6. The maximum Gasteiger partial charge on any atom is 0.148 e. The van der Waals surface area contributed by atoms with Gasteiger partial charge in [-0.15, -0.1) is 0 Å². The highest BCUT2D eigenvalue weighted by Crippen LogP contribution is 2.03. The number of nitrogens with one attached hydrogen (secondary N) is 1. The third-order valence-corrected chi connectivity index (χ3v) is 1.22. The summed E-state index contributed by atoms with van der Waals surface area (Å²) in [7, 11) is 1.58. The van der Waals surface area contributed by atoms with Crippen LogP contribution in [0.1, 0.15) is 6.92 Å². The van der Waals surface area contributed by atoms with Gasteiger partial charge < -0.3 is 0 Å². The molecule has 0 aliphatic carbocycles. The minimum absolute atomic E-state index is 0.846. The molecule has 0 unspecified atom stereocenters. The van der Waals surface area contributed by atoms with Gasteiger partial charge in [-0.2, -0.15) is 5.10 Å². The van der Waals surface area contributed by atoms with E-state index in [4.69, 9.17) is 4.84 Å². The highest BCUT2D eigenvalue weighted by molar-refractivity contribution is 5.30. The van der Waals surface area contributed by atoms with Gasteiger partial charge in [-0.05, 0) is 6.92 Å². The molecule has 4 nitrogen and oxygen atoms in total. The molecule has 1 aromatic rings. The van der Waals surface area contributed by atoms with E-state index in [2.05, 4.69) is 10.6 Å². The van der Waals surface area contributed by atoms with Crippen molar-refractivity contribution in [3.05, 3.63) is 12.3 Å². The van der Waals surface area contributed by atoms with Crippen molar-refractivity contribution in [3.8, 4) is 0 Å². The van der Waals surface area contributed by atoms with Crippen LogP contribution in [0.5, 0.6) is 0 Å². The molecule has 0 amide bonds. The first kappa shape index (κ1) is 7.08. The van der Waals surface area contributed by atoms with Crippen LogP contribution in [0.3, 0.4) is 0 Å². The van der Waals surface area contributed by atoms with Crippen LogP contribution in [0.25, 0.3) is 0 Å². The Balaban J connectivity index is 2.70. The van der Waals surface area contributed by atoms with Crippen molar-refractivity contribution in [2.75, 3.05) is 12.6 Å². The second kappa shape index (κ2) is 3.22. The zero-order valence-electron chi connectivity index (χ0n) is 6.16. The molecule has 1 N–H and O–H groups in total. The fourth-order valence-electron chi connectivity index (χ4n) is 0.776. The molecule has 0 aliphatic rings. The first-order valence-corrected chi connectivity index (χ1v) is 3.19. The molecule has 0 radical (unpaired) electrons. The van der Waals surface area contributed by atoms with E-state index in [-0.39, 0.29) is 0 Å². The normalized spacial score (nSPS) is 9.80. The van der Waals surface area contributed by atoms with E-state index in [0.717, 1.165) is 12.4 Å². The summed E-state index contributed by atoms with van der Waals surface area (Å²) < 4.78 is 1.81. The zero-order chi connectivity index (χ0) is 7.40. The second-order valence-corrected chi connectivity index (χ2v) is 1.84. The summed E-state index contributed by atoms with van der Waals surface area (Å²) in [5.74, 6) is 0.880. The third-order valence-electron chi connectivity index (χ3n) is 1.22. The topological polar surface area (TPSA) is 39.1 Å². The van der Waals surface area contributed by atoms with Gasteiger partial charge >= 0.3 is 0 Å². The number of anilines is 1. The van der Waals surface area contributed by atoms with Gasteiger partial charge in [0.1, 0.15) is 5.82 Å². The van der Waals surface area contributed by atoms with Crippen LogP contribution in [0.2, 0.25) is 0 Å². The Bertz CT molecular complexity index is 197. The quantitative estimate of drug-likeness (QED) is 0.635. The summed E-state index contributed by atoms with van der Waals surface area (Å²) in [5, 5.41) is 4.03. The Morgan fingerprint density at radius 1 is 1.80 bits per heavy atom. The van der Waals surface area contributed by atoms with E-state index < -0.39 is 0 Å². The molecule has 0 saturated carbocycles. The van der Waals surface area contributed by atoms with Crippen LogP contribution in [-0.2, 0) is 11.4 Å². The summed E-state index contributed by atoms with van der Waals surface area (Å²) in [6.07, 6.45) is 1.73. The maximum atomic E-state index is 4.72. The molecule has 1 rings (SSSR count). The van der Waals surface area contributed by atoms with Crippen molar-refractivity contribution in [2.24, 2.45) is 0 Å². The summed E-state index contributed by atoms with van der Waals surface area (Å²) in [4.78, 5) is 4.72. The highest BCUT2D eigenvalue weighted by atomic mass is 16.6. The Hall–Kier alpha value is -1.03. The molecule has 0 aliphatic heterocycles. The first-order chi connectivity index (χ1) is 4.88. The molecule has 0 atom stereocenters. The molecule has 4 heteroatoms. The van der Waals surface area contributed by atoms with E-state index in [0.29, 0.717) is 0 Å². The van der Waals surface area contributed by atoms with Gasteiger partial charge in [-0.3, -0.25) is 4.84 Å². The van der Waals surface area contributed by atoms with Crippen molar-refractivity contribution in [1.29, 1.82) is 0 Å². The third kappa shape index (κ3) is 1.27. The molecule has 10 heavy (non-hydrogen) atoms.